The number of rotatable bonds is 29. The minimum atomic E-state index is -0.0567. The number of ether oxygens (including phenoxy) is 1. The molecule has 0 aromatic rings. The van der Waals surface area contributed by atoms with Gasteiger partial charge in [-0.3, -0.25) is 14.6 Å². The standard InChI is InChI=1S/C35H70N2O2/c1-36(2)34(37(3)4)29-25-21-17-15-13-11-9-7-6-8-10-12-14-16-19-23-27-32-31-33(32)28-24-20-18-22-26-30-35(38)39-5/h32-34H,6-31H2,1-5H3. The Bertz CT molecular complexity index is 543. The third kappa shape index (κ3) is 21.8. The number of carbonyl (C=O) groups excluding carboxylic acids is 1. The minimum absolute atomic E-state index is 0.0567. The molecule has 1 rings (SSSR count). The highest BCUT2D eigenvalue weighted by molar-refractivity contribution is 5.68. The molecule has 0 aliphatic heterocycles. The van der Waals surface area contributed by atoms with Crippen molar-refractivity contribution in [1.29, 1.82) is 0 Å². The van der Waals surface area contributed by atoms with Crippen LogP contribution in [0.25, 0.3) is 0 Å². The van der Waals surface area contributed by atoms with Gasteiger partial charge in [-0.05, 0) is 59.3 Å². The van der Waals surface area contributed by atoms with Gasteiger partial charge in [-0.15, -0.1) is 0 Å². The van der Waals surface area contributed by atoms with Gasteiger partial charge < -0.3 is 4.74 Å². The molecule has 1 aliphatic rings. The van der Waals surface area contributed by atoms with E-state index in [0.717, 1.165) is 18.3 Å². The van der Waals surface area contributed by atoms with E-state index in [2.05, 4.69) is 38.0 Å². The van der Waals surface area contributed by atoms with Crippen LogP contribution in [0.2, 0.25) is 0 Å². The van der Waals surface area contributed by atoms with Crippen LogP contribution in [0.15, 0.2) is 0 Å². The minimum Gasteiger partial charge on any atom is -0.469 e. The molecule has 2 unspecified atom stereocenters. The van der Waals surface area contributed by atoms with Gasteiger partial charge in [-0.25, -0.2) is 0 Å². The molecule has 1 saturated carbocycles. The van der Waals surface area contributed by atoms with Crippen LogP contribution in [0.5, 0.6) is 0 Å². The van der Waals surface area contributed by atoms with E-state index in [1.807, 2.05) is 0 Å². The van der Waals surface area contributed by atoms with Crippen molar-refractivity contribution in [2.24, 2.45) is 11.8 Å². The first-order chi connectivity index (χ1) is 19.0. The molecule has 0 spiro atoms. The van der Waals surface area contributed by atoms with Gasteiger partial charge in [0.1, 0.15) is 0 Å². The number of methoxy groups -OCH3 is 1. The van der Waals surface area contributed by atoms with Crippen LogP contribution in [0, 0.1) is 11.8 Å². The lowest BCUT2D eigenvalue weighted by Gasteiger charge is -2.30. The average Bonchev–Trinajstić information content (AvgIpc) is 3.66. The molecule has 0 aromatic carbocycles. The van der Waals surface area contributed by atoms with E-state index in [1.165, 1.54) is 161 Å². The van der Waals surface area contributed by atoms with Crippen LogP contribution in [-0.4, -0.2) is 57.2 Å². The lowest BCUT2D eigenvalue weighted by atomic mass is 10.0. The Balaban J connectivity index is 1.71. The topological polar surface area (TPSA) is 32.8 Å². The van der Waals surface area contributed by atoms with Crippen molar-refractivity contribution in [2.45, 2.75) is 173 Å². The highest BCUT2D eigenvalue weighted by atomic mass is 16.5. The van der Waals surface area contributed by atoms with E-state index in [4.69, 9.17) is 4.74 Å². The van der Waals surface area contributed by atoms with Gasteiger partial charge in [0.15, 0.2) is 0 Å². The largest absolute Gasteiger partial charge is 0.469 e. The quantitative estimate of drug-likeness (QED) is 0.0527. The predicted octanol–water partition coefficient (Wildman–Crippen LogP) is 10.00. The summed E-state index contributed by atoms with van der Waals surface area (Å²) in [6.07, 6.45) is 36.4. The van der Waals surface area contributed by atoms with E-state index in [9.17, 15) is 4.79 Å². The maximum Gasteiger partial charge on any atom is 0.305 e. The van der Waals surface area contributed by atoms with Crippen molar-refractivity contribution in [3.8, 4) is 0 Å². The first-order valence-electron chi connectivity index (χ1n) is 17.3. The summed E-state index contributed by atoms with van der Waals surface area (Å²) in [5, 5.41) is 0. The summed E-state index contributed by atoms with van der Waals surface area (Å²) < 4.78 is 4.70. The fourth-order valence-electron chi connectivity index (χ4n) is 6.51. The van der Waals surface area contributed by atoms with Gasteiger partial charge in [0, 0.05) is 6.42 Å². The van der Waals surface area contributed by atoms with Gasteiger partial charge in [0.25, 0.3) is 0 Å². The Labute approximate surface area is 245 Å². The maximum atomic E-state index is 11.1. The van der Waals surface area contributed by atoms with E-state index < -0.39 is 0 Å². The van der Waals surface area contributed by atoms with Crippen LogP contribution in [-0.2, 0) is 9.53 Å². The van der Waals surface area contributed by atoms with Crippen LogP contribution in [0.3, 0.4) is 0 Å². The fourth-order valence-corrected chi connectivity index (χ4v) is 6.51. The second-order valence-electron chi connectivity index (χ2n) is 13.3. The number of nitrogens with zero attached hydrogens (tertiary/aromatic N) is 2. The molecule has 0 amide bonds. The first-order valence-corrected chi connectivity index (χ1v) is 17.3. The van der Waals surface area contributed by atoms with Crippen LogP contribution in [0.4, 0.5) is 0 Å². The molecule has 0 N–H and O–H groups in total. The molecule has 0 saturated heterocycles. The number of esters is 1. The van der Waals surface area contributed by atoms with Crippen molar-refractivity contribution < 1.29 is 9.53 Å². The lowest BCUT2D eigenvalue weighted by molar-refractivity contribution is -0.140. The molecule has 1 aliphatic carbocycles. The number of hydrogen-bond acceptors (Lipinski definition) is 4. The number of carbonyl (C=O) groups is 1. The van der Waals surface area contributed by atoms with Crippen molar-refractivity contribution in [3.63, 3.8) is 0 Å². The monoisotopic (exact) mass is 551 g/mol. The summed E-state index contributed by atoms with van der Waals surface area (Å²) in [5.74, 6) is 2.06. The molecular formula is C35H70N2O2. The van der Waals surface area contributed by atoms with Crippen LogP contribution < -0.4 is 0 Å². The number of hydrogen-bond donors (Lipinski definition) is 0. The van der Waals surface area contributed by atoms with E-state index in [-0.39, 0.29) is 5.97 Å². The number of unbranched alkanes of at least 4 members (excludes halogenated alkanes) is 19. The van der Waals surface area contributed by atoms with Gasteiger partial charge in [0.05, 0.1) is 13.3 Å². The van der Waals surface area contributed by atoms with Crippen molar-refractivity contribution in [3.05, 3.63) is 0 Å². The summed E-state index contributed by atoms with van der Waals surface area (Å²) >= 11 is 0. The first kappa shape index (κ1) is 36.4. The second kappa shape index (κ2) is 25.1. The van der Waals surface area contributed by atoms with Gasteiger partial charge in [-0.1, -0.05) is 141 Å². The van der Waals surface area contributed by atoms with Crippen molar-refractivity contribution in [2.75, 3.05) is 35.3 Å². The summed E-state index contributed by atoms with van der Waals surface area (Å²) in [7, 11) is 10.3. The zero-order chi connectivity index (χ0) is 28.6. The molecule has 232 valence electrons. The van der Waals surface area contributed by atoms with Gasteiger partial charge >= 0.3 is 5.97 Å². The molecule has 0 heterocycles. The van der Waals surface area contributed by atoms with Gasteiger partial charge in [0.2, 0.25) is 0 Å². The molecule has 0 bridgehead atoms. The van der Waals surface area contributed by atoms with Crippen LogP contribution >= 0.6 is 0 Å². The van der Waals surface area contributed by atoms with E-state index >= 15 is 0 Å². The Morgan fingerprint density at radius 2 is 0.897 bits per heavy atom. The predicted molar refractivity (Wildman–Crippen MR) is 170 cm³/mol. The molecule has 2 atom stereocenters. The molecule has 0 radical (unpaired) electrons. The smallest absolute Gasteiger partial charge is 0.305 e. The van der Waals surface area contributed by atoms with Crippen molar-refractivity contribution >= 4 is 5.97 Å². The summed E-state index contributed by atoms with van der Waals surface area (Å²) in [6, 6.07) is 0. The molecule has 4 heteroatoms. The molecule has 1 fully saturated rings. The molecular weight excluding hydrogens is 480 g/mol. The zero-order valence-electron chi connectivity index (χ0n) is 27.3. The van der Waals surface area contributed by atoms with E-state index in [1.54, 1.807) is 0 Å². The Morgan fingerprint density at radius 1 is 0.564 bits per heavy atom. The zero-order valence-corrected chi connectivity index (χ0v) is 27.3. The lowest BCUT2D eigenvalue weighted by Crippen LogP contribution is -2.40. The normalized spacial score (nSPS) is 17.0. The van der Waals surface area contributed by atoms with Crippen molar-refractivity contribution in [1.82, 2.24) is 9.80 Å². The van der Waals surface area contributed by atoms with Gasteiger partial charge in [-0.2, -0.15) is 0 Å². The summed E-state index contributed by atoms with van der Waals surface area (Å²) in [5.41, 5.74) is 0. The Kier molecular flexibility index (Phi) is 23.5. The van der Waals surface area contributed by atoms with E-state index in [0.29, 0.717) is 12.6 Å². The third-order valence-corrected chi connectivity index (χ3v) is 9.23. The molecule has 0 aromatic heterocycles. The average molecular weight is 551 g/mol. The molecule has 4 nitrogen and oxygen atoms in total. The highest BCUT2D eigenvalue weighted by Gasteiger charge is 2.34. The van der Waals surface area contributed by atoms with Crippen LogP contribution in [0.1, 0.15) is 167 Å². The summed E-state index contributed by atoms with van der Waals surface area (Å²) in [4.78, 5) is 15.8. The maximum absolute atomic E-state index is 11.1. The SMILES string of the molecule is COC(=O)CCCCCCCC1CC1CCCCCCCCCCCCCCCCCCC(N(C)C)N(C)C. The fraction of sp³-hybridized carbons (Fsp3) is 0.971. The summed E-state index contributed by atoms with van der Waals surface area (Å²) in [6.45, 7) is 0. The highest BCUT2D eigenvalue weighted by Crippen LogP contribution is 2.45. The Morgan fingerprint density at radius 3 is 1.26 bits per heavy atom. The second-order valence-corrected chi connectivity index (χ2v) is 13.3. The Hall–Kier alpha value is -0.610. The molecule has 39 heavy (non-hydrogen) atoms. The third-order valence-electron chi connectivity index (χ3n) is 9.23.